The largest absolute Gasteiger partial charge is 0.0970 e. The number of fused-ring (bicyclic) bond motifs is 3. The first-order valence-electron chi connectivity index (χ1n) is 6.35. The molecule has 0 N–H and O–H groups in total. The van der Waals surface area contributed by atoms with Crippen LogP contribution >= 0.6 is 15.9 Å². The van der Waals surface area contributed by atoms with Crippen molar-refractivity contribution in [3.63, 3.8) is 0 Å². The van der Waals surface area contributed by atoms with E-state index in [2.05, 4.69) is 82.4 Å². The monoisotopic (exact) mass is 308 g/mol. The predicted octanol–water partition coefficient (Wildman–Crippen LogP) is 5.13. The second-order valence-corrected chi connectivity index (χ2v) is 5.22. The Labute approximate surface area is 121 Å². The van der Waals surface area contributed by atoms with E-state index < -0.39 is 0 Å². The minimum absolute atomic E-state index is 0.876. The lowest BCUT2D eigenvalue weighted by Crippen LogP contribution is -1.83. The number of benzene rings is 3. The van der Waals surface area contributed by atoms with E-state index in [0.29, 0.717) is 0 Å². The van der Waals surface area contributed by atoms with Crippen LogP contribution in [0, 0.1) is 11.8 Å². The Kier molecular flexibility index (Phi) is 3.53. The topological polar surface area (TPSA) is 0 Å². The molecule has 3 rings (SSSR count). The van der Waals surface area contributed by atoms with Crippen LogP contribution in [-0.4, -0.2) is 5.33 Å². The normalized spacial score (nSPS) is 10.4. The smallest absolute Gasteiger partial charge is 0.0330 e. The summed E-state index contributed by atoms with van der Waals surface area (Å²) in [5.74, 6) is 6.51. The summed E-state index contributed by atoms with van der Waals surface area (Å²) in [6.45, 7) is 0. The molecule has 0 fully saturated rings. The van der Waals surface area contributed by atoms with Gasteiger partial charge in [-0.15, -0.1) is 0 Å². The fourth-order valence-electron chi connectivity index (χ4n) is 2.36. The molecule has 0 spiro atoms. The van der Waals surface area contributed by atoms with Gasteiger partial charge in [-0.25, -0.2) is 0 Å². The van der Waals surface area contributed by atoms with Gasteiger partial charge in [-0.05, 0) is 27.6 Å². The molecule has 0 aliphatic heterocycles. The van der Waals surface area contributed by atoms with Crippen molar-refractivity contribution in [2.45, 2.75) is 6.42 Å². The van der Waals surface area contributed by atoms with E-state index in [0.717, 1.165) is 17.3 Å². The van der Waals surface area contributed by atoms with E-state index in [1.54, 1.807) is 0 Å². The third-order valence-corrected chi connectivity index (χ3v) is 3.61. The van der Waals surface area contributed by atoms with Gasteiger partial charge in [-0.2, -0.15) is 0 Å². The average molecular weight is 309 g/mol. The van der Waals surface area contributed by atoms with E-state index in [1.165, 1.54) is 21.5 Å². The zero-order chi connectivity index (χ0) is 13.1. The van der Waals surface area contributed by atoms with Crippen molar-refractivity contribution >= 4 is 37.5 Å². The molecule has 3 aromatic carbocycles. The average Bonchev–Trinajstić information content (AvgIpc) is 2.47. The molecule has 0 unspecified atom stereocenters. The SMILES string of the molecule is BrCCC#Cc1cc2ccccc2c2ccccc12. The molecule has 0 radical (unpaired) electrons. The third-order valence-electron chi connectivity index (χ3n) is 3.21. The van der Waals surface area contributed by atoms with E-state index in [9.17, 15) is 0 Å². The molecular formula is C18H13Br. The van der Waals surface area contributed by atoms with Gasteiger partial charge < -0.3 is 0 Å². The number of halogens is 1. The van der Waals surface area contributed by atoms with Crippen LogP contribution in [0.1, 0.15) is 12.0 Å². The fraction of sp³-hybridized carbons (Fsp3) is 0.111. The van der Waals surface area contributed by atoms with Crippen molar-refractivity contribution in [2.24, 2.45) is 0 Å². The lowest BCUT2D eigenvalue weighted by molar-refractivity contribution is 1.32. The molecule has 19 heavy (non-hydrogen) atoms. The first kappa shape index (κ1) is 12.3. The van der Waals surface area contributed by atoms with E-state index in [4.69, 9.17) is 0 Å². The van der Waals surface area contributed by atoms with Crippen molar-refractivity contribution < 1.29 is 0 Å². The van der Waals surface area contributed by atoms with E-state index in [1.807, 2.05) is 0 Å². The summed E-state index contributed by atoms with van der Waals surface area (Å²) in [5.41, 5.74) is 1.12. The standard InChI is InChI=1S/C18H13Br/c19-12-6-5-8-15-13-14-7-1-2-9-16(14)18-11-4-3-10-17(15)18/h1-4,7,9-11,13H,6,12H2. The van der Waals surface area contributed by atoms with Crippen LogP contribution in [-0.2, 0) is 0 Å². The summed E-state index contributed by atoms with van der Waals surface area (Å²) in [5, 5.41) is 5.99. The van der Waals surface area contributed by atoms with E-state index >= 15 is 0 Å². The molecule has 0 aliphatic carbocycles. The maximum Gasteiger partial charge on any atom is 0.0330 e. The van der Waals surface area contributed by atoms with Gasteiger partial charge in [-0.1, -0.05) is 76.3 Å². The number of rotatable bonds is 1. The number of alkyl halides is 1. The van der Waals surface area contributed by atoms with Gasteiger partial charge in [0.25, 0.3) is 0 Å². The molecule has 0 saturated carbocycles. The highest BCUT2D eigenvalue weighted by atomic mass is 79.9. The molecule has 0 aliphatic rings. The molecule has 0 saturated heterocycles. The number of hydrogen-bond donors (Lipinski definition) is 0. The molecule has 3 aromatic rings. The number of hydrogen-bond acceptors (Lipinski definition) is 0. The molecule has 0 aromatic heterocycles. The summed E-state index contributed by atoms with van der Waals surface area (Å²) >= 11 is 3.41. The van der Waals surface area contributed by atoms with Gasteiger partial charge in [0, 0.05) is 17.3 Å². The molecular weight excluding hydrogens is 296 g/mol. The Morgan fingerprint density at radius 1 is 0.842 bits per heavy atom. The van der Waals surface area contributed by atoms with Gasteiger partial charge in [0.05, 0.1) is 0 Å². The fourth-order valence-corrected chi connectivity index (χ4v) is 2.56. The Morgan fingerprint density at radius 2 is 1.53 bits per heavy atom. The first-order valence-corrected chi connectivity index (χ1v) is 7.47. The lowest BCUT2D eigenvalue weighted by Gasteiger charge is -2.06. The Bertz CT molecular complexity index is 791. The Balaban J connectivity index is 2.34. The Hall–Kier alpha value is -1.78. The van der Waals surface area contributed by atoms with Crippen molar-refractivity contribution in [3.05, 3.63) is 60.2 Å². The maximum absolute atomic E-state index is 3.41. The second kappa shape index (κ2) is 5.47. The molecule has 0 bridgehead atoms. The van der Waals surface area contributed by atoms with Crippen LogP contribution in [0.15, 0.2) is 54.6 Å². The van der Waals surface area contributed by atoms with Gasteiger partial charge in [-0.3, -0.25) is 0 Å². The molecule has 1 heteroatoms. The lowest BCUT2D eigenvalue weighted by atomic mass is 9.97. The van der Waals surface area contributed by atoms with E-state index in [-0.39, 0.29) is 0 Å². The summed E-state index contributed by atoms with van der Waals surface area (Å²) in [7, 11) is 0. The molecule has 92 valence electrons. The Morgan fingerprint density at radius 3 is 2.32 bits per heavy atom. The van der Waals surface area contributed by atoms with Crippen LogP contribution in [0.3, 0.4) is 0 Å². The summed E-state index contributed by atoms with van der Waals surface area (Å²) in [4.78, 5) is 0. The maximum atomic E-state index is 3.41. The zero-order valence-corrected chi connectivity index (χ0v) is 12.1. The summed E-state index contributed by atoms with van der Waals surface area (Å²) < 4.78 is 0. The molecule has 0 atom stereocenters. The molecule has 0 nitrogen and oxygen atoms in total. The minimum Gasteiger partial charge on any atom is -0.0970 e. The van der Waals surface area contributed by atoms with Crippen LogP contribution < -0.4 is 0 Å². The van der Waals surface area contributed by atoms with Gasteiger partial charge in [0.2, 0.25) is 0 Å². The zero-order valence-electron chi connectivity index (χ0n) is 10.5. The van der Waals surface area contributed by atoms with Gasteiger partial charge in [0.1, 0.15) is 0 Å². The van der Waals surface area contributed by atoms with Crippen molar-refractivity contribution in [3.8, 4) is 11.8 Å². The van der Waals surface area contributed by atoms with Gasteiger partial charge >= 0.3 is 0 Å². The summed E-state index contributed by atoms with van der Waals surface area (Å²) in [6.07, 6.45) is 0.876. The van der Waals surface area contributed by atoms with Crippen LogP contribution in [0.5, 0.6) is 0 Å². The highest BCUT2D eigenvalue weighted by molar-refractivity contribution is 9.09. The quantitative estimate of drug-likeness (QED) is 0.332. The highest BCUT2D eigenvalue weighted by Crippen LogP contribution is 2.28. The van der Waals surface area contributed by atoms with Crippen molar-refractivity contribution in [2.75, 3.05) is 5.33 Å². The highest BCUT2D eigenvalue weighted by Gasteiger charge is 2.03. The molecule has 0 heterocycles. The molecule has 0 amide bonds. The predicted molar refractivity (Wildman–Crippen MR) is 86.7 cm³/mol. The van der Waals surface area contributed by atoms with Crippen LogP contribution in [0.2, 0.25) is 0 Å². The van der Waals surface area contributed by atoms with Crippen LogP contribution in [0.4, 0.5) is 0 Å². The van der Waals surface area contributed by atoms with Crippen LogP contribution in [0.25, 0.3) is 21.5 Å². The second-order valence-electron chi connectivity index (χ2n) is 4.43. The first-order chi connectivity index (χ1) is 9.40. The summed E-state index contributed by atoms with van der Waals surface area (Å²) in [6, 6.07) is 19.2. The van der Waals surface area contributed by atoms with Gasteiger partial charge in [0.15, 0.2) is 0 Å². The van der Waals surface area contributed by atoms with Crippen molar-refractivity contribution in [1.82, 2.24) is 0 Å². The van der Waals surface area contributed by atoms with Crippen molar-refractivity contribution in [1.29, 1.82) is 0 Å². The third kappa shape index (κ3) is 2.37. The minimum atomic E-state index is 0.876.